The largest absolute Gasteiger partial charge is 0.445 e. The number of nitro groups is 1. The monoisotopic (exact) mass is 583 g/mol. The van der Waals surface area contributed by atoms with Crippen molar-refractivity contribution in [2.24, 2.45) is 0 Å². The van der Waals surface area contributed by atoms with Gasteiger partial charge in [-0.05, 0) is 64.3 Å². The maximum atomic E-state index is 14.5. The molecule has 42 heavy (non-hydrogen) atoms. The smallest absolute Gasteiger partial charge is 0.410 e. The average molecular weight is 584 g/mol. The minimum atomic E-state index is -1.11. The number of hydrogen-bond donors (Lipinski definition) is 0. The number of rotatable bonds is 4. The molecule has 2 fully saturated rings. The molecule has 1 unspecified atom stereocenters. The molecule has 3 aromatic rings. The number of piperidine rings is 1. The second kappa shape index (κ2) is 10.6. The number of fused-ring (bicyclic) bond motifs is 1. The quantitative estimate of drug-likeness (QED) is 0.306. The Bertz CT molecular complexity index is 1690. The van der Waals surface area contributed by atoms with Crippen LogP contribution >= 0.6 is 0 Å². The van der Waals surface area contributed by atoms with E-state index in [2.05, 4.69) is 4.98 Å². The van der Waals surface area contributed by atoms with Crippen LogP contribution in [0.15, 0.2) is 35.4 Å². The van der Waals surface area contributed by atoms with Crippen molar-refractivity contribution in [3.63, 3.8) is 0 Å². The highest BCUT2D eigenvalue weighted by atomic mass is 19.1. The summed E-state index contributed by atoms with van der Waals surface area (Å²) in [5, 5.41) is 21.1. The fourth-order valence-corrected chi connectivity index (χ4v) is 5.33. The first kappa shape index (κ1) is 28.9. The van der Waals surface area contributed by atoms with Crippen LogP contribution in [0.2, 0.25) is 0 Å². The summed E-state index contributed by atoms with van der Waals surface area (Å²) >= 11 is 0. The van der Waals surface area contributed by atoms with Gasteiger partial charge in [0, 0.05) is 13.1 Å². The number of nitrogens with zero attached hydrogens (tertiary/aromatic N) is 5. The van der Waals surface area contributed by atoms with E-state index in [1.54, 1.807) is 25.7 Å². The second-order valence-electron chi connectivity index (χ2n) is 11.3. The Kier molecular flexibility index (Phi) is 7.32. The number of carbonyl (C=O) groups excluding carboxylic acids is 1. The summed E-state index contributed by atoms with van der Waals surface area (Å²) < 4.78 is 46.8. The van der Waals surface area contributed by atoms with E-state index in [9.17, 15) is 33.7 Å². The Morgan fingerprint density at radius 1 is 1.21 bits per heavy atom. The van der Waals surface area contributed by atoms with E-state index in [0.29, 0.717) is 32.4 Å². The molecule has 12 nitrogen and oxygen atoms in total. The molecule has 1 spiro atoms. The van der Waals surface area contributed by atoms with E-state index in [1.165, 1.54) is 23.0 Å². The Morgan fingerprint density at radius 2 is 1.90 bits per heavy atom. The summed E-state index contributed by atoms with van der Waals surface area (Å²) in [6.45, 7) is 6.32. The average Bonchev–Trinajstić information content (AvgIpc) is 3.33. The number of amides is 1. The number of likely N-dealkylation sites (tertiary alicyclic amines) is 1. The van der Waals surface area contributed by atoms with E-state index < -0.39 is 73.6 Å². The van der Waals surface area contributed by atoms with Gasteiger partial charge in [0.1, 0.15) is 28.4 Å². The molecule has 2 saturated heterocycles. The summed E-state index contributed by atoms with van der Waals surface area (Å²) in [5.74, 6) is -3.59. The van der Waals surface area contributed by atoms with E-state index in [-0.39, 0.29) is 12.1 Å². The van der Waals surface area contributed by atoms with E-state index in [4.69, 9.17) is 14.2 Å². The van der Waals surface area contributed by atoms with E-state index in [0.717, 1.165) is 18.2 Å². The summed E-state index contributed by atoms with van der Waals surface area (Å²) in [7, 11) is 0. The Morgan fingerprint density at radius 3 is 2.55 bits per heavy atom. The lowest BCUT2D eigenvalue weighted by Crippen LogP contribution is -2.48. The van der Waals surface area contributed by atoms with Crippen molar-refractivity contribution in [3.05, 3.63) is 68.3 Å². The number of nitriles is 1. The molecule has 0 saturated carbocycles. The van der Waals surface area contributed by atoms with Gasteiger partial charge in [-0.1, -0.05) is 0 Å². The number of aromatic nitrogens is 2. The first-order valence-corrected chi connectivity index (χ1v) is 13.2. The van der Waals surface area contributed by atoms with Gasteiger partial charge >= 0.3 is 11.8 Å². The first-order valence-electron chi connectivity index (χ1n) is 13.2. The van der Waals surface area contributed by atoms with Crippen LogP contribution in [0.4, 0.5) is 19.3 Å². The van der Waals surface area contributed by atoms with Crippen molar-refractivity contribution >= 4 is 22.7 Å². The van der Waals surface area contributed by atoms with Crippen LogP contribution < -0.4 is 10.3 Å². The van der Waals surface area contributed by atoms with E-state index in [1.807, 2.05) is 0 Å². The molecule has 220 valence electrons. The number of hydrogen-bond acceptors (Lipinski definition) is 9. The Hall–Kier alpha value is -4.64. The fourth-order valence-electron chi connectivity index (χ4n) is 5.33. The molecule has 1 amide bonds. The third-order valence-corrected chi connectivity index (χ3v) is 7.36. The maximum absolute atomic E-state index is 14.5. The fraction of sp³-hybridized carbons (Fsp3) is 0.429. The Balaban J connectivity index is 1.44. The van der Waals surface area contributed by atoms with Crippen molar-refractivity contribution in [3.8, 4) is 17.6 Å². The number of nitro benzene ring substituents is 1. The maximum Gasteiger partial charge on any atom is 0.410 e. The standard InChI is InChI=1S/C28H27F2N5O7/c1-27(2,3)42-26(37)33-10-8-28(9-11-33)12-16(14-40-28)34-15-32-20-6-7-21(23(35(38)39)22(20)25(34)36)41-24-17(13-31)18(29)4-5-19(24)30/h4-7,15-16H,8-12,14H2,1-3H3. The number of benzene rings is 2. The second-order valence-corrected chi connectivity index (χ2v) is 11.3. The number of halogens is 2. The molecule has 0 radical (unpaired) electrons. The van der Waals surface area contributed by atoms with Gasteiger partial charge in [0.05, 0.1) is 35.0 Å². The molecule has 2 aliphatic heterocycles. The molecular weight excluding hydrogens is 556 g/mol. The summed E-state index contributed by atoms with van der Waals surface area (Å²) in [5.41, 5.74) is -3.55. The van der Waals surface area contributed by atoms with Crippen molar-refractivity contribution in [2.45, 2.75) is 57.3 Å². The van der Waals surface area contributed by atoms with Crippen LogP contribution in [0.1, 0.15) is 51.6 Å². The van der Waals surface area contributed by atoms with Gasteiger partial charge in [0.2, 0.25) is 5.75 Å². The molecule has 0 N–H and O–H groups in total. The number of carbonyl (C=O) groups is 1. The number of ether oxygens (including phenoxy) is 3. The zero-order valence-corrected chi connectivity index (χ0v) is 23.1. The molecule has 5 rings (SSSR count). The lowest BCUT2D eigenvalue weighted by molar-refractivity contribution is -0.383. The molecule has 3 heterocycles. The van der Waals surface area contributed by atoms with Gasteiger partial charge in [0.25, 0.3) is 5.56 Å². The van der Waals surface area contributed by atoms with Crippen LogP contribution in [-0.4, -0.2) is 56.4 Å². The molecule has 14 heteroatoms. The first-order chi connectivity index (χ1) is 19.8. The highest BCUT2D eigenvalue weighted by molar-refractivity contribution is 5.90. The van der Waals surface area contributed by atoms with Crippen molar-refractivity contribution in [2.75, 3.05) is 19.7 Å². The lowest BCUT2D eigenvalue weighted by Gasteiger charge is -2.39. The highest BCUT2D eigenvalue weighted by Crippen LogP contribution is 2.42. The molecule has 0 bridgehead atoms. The minimum absolute atomic E-state index is 0.00480. The van der Waals surface area contributed by atoms with Gasteiger partial charge in [-0.25, -0.2) is 18.6 Å². The van der Waals surface area contributed by atoms with Crippen LogP contribution in [0, 0.1) is 33.1 Å². The molecule has 1 atom stereocenters. The summed E-state index contributed by atoms with van der Waals surface area (Å²) in [4.78, 5) is 43.3. The zero-order chi connectivity index (χ0) is 30.4. The van der Waals surface area contributed by atoms with Crippen LogP contribution in [0.5, 0.6) is 11.5 Å². The molecule has 1 aromatic heterocycles. The van der Waals surface area contributed by atoms with Crippen LogP contribution in [0.25, 0.3) is 10.9 Å². The topological polar surface area (TPSA) is 150 Å². The minimum Gasteiger partial charge on any atom is -0.445 e. The third kappa shape index (κ3) is 5.35. The predicted molar refractivity (Wildman–Crippen MR) is 143 cm³/mol. The lowest BCUT2D eigenvalue weighted by atomic mass is 9.87. The molecule has 2 aromatic carbocycles. The summed E-state index contributed by atoms with van der Waals surface area (Å²) in [6.07, 6.45) is 2.31. The van der Waals surface area contributed by atoms with Crippen molar-refractivity contribution < 1.29 is 32.7 Å². The normalized spacial score (nSPS) is 18.2. The van der Waals surface area contributed by atoms with Crippen molar-refractivity contribution in [1.82, 2.24) is 14.5 Å². The zero-order valence-electron chi connectivity index (χ0n) is 23.1. The molecule has 2 aliphatic rings. The summed E-state index contributed by atoms with van der Waals surface area (Å²) in [6, 6.07) is 4.83. The predicted octanol–water partition coefficient (Wildman–Crippen LogP) is 4.98. The van der Waals surface area contributed by atoms with Gasteiger partial charge in [0.15, 0.2) is 11.6 Å². The van der Waals surface area contributed by atoms with Crippen LogP contribution in [-0.2, 0) is 9.47 Å². The van der Waals surface area contributed by atoms with Gasteiger partial charge in [-0.2, -0.15) is 5.26 Å². The van der Waals surface area contributed by atoms with E-state index >= 15 is 0 Å². The molecular formula is C28H27F2N5O7. The highest BCUT2D eigenvalue weighted by Gasteiger charge is 2.45. The van der Waals surface area contributed by atoms with Crippen LogP contribution in [0.3, 0.4) is 0 Å². The van der Waals surface area contributed by atoms with Gasteiger partial charge in [-0.3, -0.25) is 19.5 Å². The van der Waals surface area contributed by atoms with Crippen molar-refractivity contribution in [1.29, 1.82) is 5.26 Å². The molecule has 0 aliphatic carbocycles. The SMILES string of the molecule is CC(C)(C)OC(=O)N1CCC2(CC1)CC(n1cnc3ccc(Oc4c(F)ccc(F)c4C#N)c([N+](=O)[O-])c3c1=O)CO2. The Labute approximate surface area is 238 Å². The van der Waals surface area contributed by atoms with Gasteiger partial charge < -0.3 is 19.1 Å². The van der Waals surface area contributed by atoms with Gasteiger partial charge in [-0.15, -0.1) is 0 Å². The third-order valence-electron chi connectivity index (χ3n) is 7.36.